The maximum Gasteiger partial charge on any atom is 0.311 e. The molecule has 0 unspecified atom stereocenters. The lowest BCUT2D eigenvalue weighted by Gasteiger charge is -2.21. The van der Waals surface area contributed by atoms with Gasteiger partial charge < -0.3 is 34.9 Å². The molecular formula is C33H40N4O8S. The predicted octanol–water partition coefficient (Wildman–Crippen LogP) is 4.50. The molecule has 3 N–H and O–H groups in total. The van der Waals surface area contributed by atoms with Crippen molar-refractivity contribution < 1.29 is 33.3 Å². The zero-order valence-electron chi connectivity index (χ0n) is 27.1. The number of anilines is 2. The van der Waals surface area contributed by atoms with Crippen molar-refractivity contribution in [3.63, 3.8) is 0 Å². The zero-order valence-corrected chi connectivity index (χ0v) is 27.9. The van der Waals surface area contributed by atoms with E-state index in [-0.39, 0.29) is 41.9 Å². The van der Waals surface area contributed by atoms with Gasteiger partial charge in [-0.05, 0) is 60.6 Å². The molecule has 1 heterocycles. The third kappa shape index (κ3) is 7.58. The molecule has 2 atom stereocenters. The van der Waals surface area contributed by atoms with Crippen LogP contribution in [0.1, 0.15) is 57.0 Å². The highest BCUT2D eigenvalue weighted by Crippen LogP contribution is 2.50. The van der Waals surface area contributed by atoms with Gasteiger partial charge in [-0.25, -0.2) is 4.98 Å². The summed E-state index contributed by atoms with van der Waals surface area (Å²) in [5.41, 5.74) is 3.25. The van der Waals surface area contributed by atoms with Crippen LogP contribution in [-0.4, -0.2) is 56.7 Å². The number of aromatic nitrogens is 1. The van der Waals surface area contributed by atoms with Crippen LogP contribution < -0.4 is 35.6 Å². The van der Waals surface area contributed by atoms with Crippen LogP contribution in [0.4, 0.5) is 10.8 Å². The monoisotopic (exact) mass is 652 g/mol. The first-order chi connectivity index (χ1) is 22.0. The van der Waals surface area contributed by atoms with Gasteiger partial charge in [0.25, 0.3) is 0 Å². The fourth-order valence-electron chi connectivity index (χ4n) is 5.52. The molecular weight excluding hydrogens is 612 g/mol. The summed E-state index contributed by atoms with van der Waals surface area (Å²) in [6.07, 6.45) is 1.10. The van der Waals surface area contributed by atoms with E-state index in [1.807, 2.05) is 19.9 Å². The second-order valence-corrected chi connectivity index (χ2v) is 11.9. The summed E-state index contributed by atoms with van der Waals surface area (Å²) in [6.45, 7) is 7.16. The van der Waals surface area contributed by atoms with E-state index in [0.717, 1.165) is 11.1 Å². The Bertz CT molecular complexity index is 1670. The number of benzene rings is 1. The number of rotatable bonds is 12. The number of hydrogen-bond donors (Lipinski definition) is 3. The van der Waals surface area contributed by atoms with E-state index < -0.39 is 18.1 Å². The van der Waals surface area contributed by atoms with Gasteiger partial charge in [0.1, 0.15) is 6.04 Å². The molecule has 0 bridgehead atoms. The van der Waals surface area contributed by atoms with E-state index in [0.29, 0.717) is 52.0 Å². The Morgan fingerprint density at radius 1 is 1.07 bits per heavy atom. The molecule has 46 heavy (non-hydrogen) atoms. The number of ether oxygens (including phenoxy) is 4. The number of esters is 1. The fourth-order valence-corrected chi connectivity index (χ4v) is 6.23. The summed E-state index contributed by atoms with van der Waals surface area (Å²) < 4.78 is 22.1. The summed E-state index contributed by atoms with van der Waals surface area (Å²) in [4.78, 5) is 55.6. The van der Waals surface area contributed by atoms with E-state index in [1.54, 1.807) is 31.5 Å². The molecule has 13 heteroatoms. The molecule has 0 saturated heterocycles. The van der Waals surface area contributed by atoms with Gasteiger partial charge in [0.2, 0.25) is 23.0 Å². The highest BCUT2D eigenvalue weighted by Gasteiger charge is 2.30. The van der Waals surface area contributed by atoms with Crippen molar-refractivity contribution in [1.29, 1.82) is 0 Å². The van der Waals surface area contributed by atoms with Crippen molar-refractivity contribution >= 4 is 39.9 Å². The number of amides is 2. The predicted molar refractivity (Wildman–Crippen MR) is 176 cm³/mol. The molecule has 3 aromatic rings. The lowest BCUT2D eigenvalue weighted by atomic mass is 9.95. The van der Waals surface area contributed by atoms with Gasteiger partial charge in [0, 0.05) is 17.9 Å². The number of carbonyl (C=O) groups is 3. The Kier molecular flexibility index (Phi) is 11.2. The third-order valence-electron chi connectivity index (χ3n) is 7.59. The average Bonchev–Trinajstić information content (AvgIpc) is 3.30. The summed E-state index contributed by atoms with van der Waals surface area (Å²) >= 11 is 1.20. The van der Waals surface area contributed by atoms with Crippen LogP contribution in [0.5, 0.6) is 17.2 Å². The maximum absolute atomic E-state index is 13.8. The first-order valence-corrected chi connectivity index (χ1v) is 15.8. The lowest BCUT2D eigenvalue weighted by molar-refractivity contribution is -0.142. The fraction of sp³-hybridized carbons (Fsp3) is 0.424. The van der Waals surface area contributed by atoms with E-state index in [4.69, 9.17) is 18.9 Å². The Labute approximate surface area is 271 Å². The van der Waals surface area contributed by atoms with E-state index in [9.17, 15) is 19.2 Å². The summed E-state index contributed by atoms with van der Waals surface area (Å²) in [6, 6.07) is 5.56. The second kappa shape index (κ2) is 15.1. The smallest absolute Gasteiger partial charge is 0.311 e. The van der Waals surface area contributed by atoms with Crippen LogP contribution >= 0.6 is 11.3 Å². The van der Waals surface area contributed by atoms with Crippen LogP contribution in [0.2, 0.25) is 0 Å². The van der Waals surface area contributed by atoms with Crippen LogP contribution in [0.15, 0.2) is 34.4 Å². The van der Waals surface area contributed by atoms with E-state index >= 15 is 0 Å². The van der Waals surface area contributed by atoms with Crippen LogP contribution in [0.25, 0.3) is 11.1 Å². The first-order valence-electron chi connectivity index (χ1n) is 15.0. The standard InChI is InChI=1S/C33H40N4O8S/c1-8-45-27(40)14-20-16-46-33(35-20)37-32(41)29(17(2)3)36-24-12-10-21-22(15-25(24)39)23(34-18(4)38)11-9-19-13-26(42-5)30(43-6)31(44-7)28(19)21/h10,12-13,15-17,23,29H,8-9,11,14H2,1-7H3,(H,34,38)(H,36,39)(H,35,37,41)/t23-,29-/m0/s1. The maximum atomic E-state index is 13.8. The quantitative estimate of drug-likeness (QED) is 0.238. The summed E-state index contributed by atoms with van der Waals surface area (Å²) in [5.74, 6) is 0.119. The second-order valence-electron chi connectivity index (χ2n) is 11.1. The molecule has 0 radical (unpaired) electrons. The Hall–Kier alpha value is -4.65. The SMILES string of the molecule is CCOC(=O)Cc1csc(NC(=O)[C@@H](Nc2ccc3c(cc2=O)[C@@H](NC(C)=O)CCc2cc(OC)c(OC)c(OC)c2-3)C(C)C)n1. The largest absolute Gasteiger partial charge is 0.493 e. The molecule has 2 amide bonds. The molecule has 4 rings (SSSR count). The van der Waals surface area contributed by atoms with Crippen molar-refractivity contribution in [2.75, 3.05) is 38.6 Å². The molecule has 0 aliphatic heterocycles. The van der Waals surface area contributed by atoms with Gasteiger partial charge in [-0.1, -0.05) is 19.9 Å². The normalized spacial score (nSPS) is 14.2. The van der Waals surface area contributed by atoms with E-state index in [2.05, 4.69) is 20.9 Å². The highest BCUT2D eigenvalue weighted by atomic mass is 32.1. The average molecular weight is 653 g/mol. The number of carbonyl (C=O) groups excluding carboxylic acids is 3. The van der Waals surface area contributed by atoms with Gasteiger partial charge in [-0.2, -0.15) is 0 Å². The Morgan fingerprint density at radius 2 is 1.80 bits per heavy atom. The topological polar surface area (TPSA) is 154 Å². The molecule has 0 fully saturated rings. The Morgan fingerprint density at radius 3 is 2.43 bits per heavy atom. The minimum absolute atomic E-state index is 0.00282. The van der Waals surface area contributed by atoms with Gasteiger partial charge >= 0.3 is 5.97 Å². The third-order valence-corrected chi connectivity index (χ3v) is 8.40. The summed E-state index contributed by atoms with van der Waals surface area (Å²) in [5, 5.41) is 11.0. The number of thiazole rings is 1. The number of nitrogens with zero attached hydrogens (tertiary/aromatic N) is 1. The number of hydrogen-bond acceptors (Lipinski definition) is 11. The molecule has 246 valence electrons. The lowest BCUT2D eigenvalue weighted by Crippen LogP contribution is -2.39. The molecule has 12 nitrogen and oxygen atoms in total. The van der Waals surface area contributed by atoms with Crippen molar-refractivity contribution in [1.82, 2.24) is 10.3 Å². The Balaban J connectivity index is 1.74. The molecule has 0 saturated carbocycles. The van der Waals surface area contributed by atoms with Gasteiger partial charge in [-0.3, -0.25) is 19.2 Å². The van der Waals surface area contributed by atoms with Gasteiger partial charge in [0.05, 0.1) is 51.8 Å². The van der Waals surface area contributed by atoms with Gasteiger partial charge in [0.15, 0.2) is 16.6 Å². The molecule has 1 aliphatic carbocycles. The van der Waals surface area contributed by atoms with Crippen LogP contribution in [0.3, 0.4) is 0 Å². The first kappa shape index (κ1) is 34.2. The molecule has 1 aliphatic rings. The van der Waals surface area contributed by atoms with Crippen molar-refractivity contribution in [2.24, 2.45) is 5.92 Å². The molecule has 2 aromatic carbocycles. The van der Waals surface area contributed by atoms with E-state index in [1.165, 1.54) is 38.5 Å². The minimum Gasteiger partial charge on any atom is -0.493 e. The van der Waals surface area contributed by atoms with Crippen LogP contribution in [0, 0.1) is 5.92 Å². The highest BCUT2D eigenvalue weighted by molar-refractivity contribution is 7.14. The summed E-state index contributed by atoms with van der Waals surface area (Å²) in [7, 11) is 4.61. The zero-order chi connectivity index (χ0) is 33.5. The van der Waals surface area contributed by atoms with Crippen molar-refractivity contribution in [3.05, 3.63) is 56.7 Å². The number of fused-ring (bicyclic) bond motifs is 3. The van der Waals surface area contributed by atoms with Crippen molar-refractivity contribution in [3.8, 4) is 28.4 Å². The molecule has 1 aromatic heterocycles. The number of nitrogens with one attached hydrogen (secondary N) is 3. The van der Waals surface area contributed by atoms with Crippen LogP contribution in [-0.2, 0) is 32.0 Å². The number of methoxy groups -OCH3 is 3. The van der Waals surface area contributed by atoms with Crippen molar-refractivity contribution in [2.45, 2.75) is 59.0 Å². The van der Waals surface area contributed by atoms with Gasteiger partial charge in [-0.15, -0.1) is 11.3 Å². The number of aryl methyl sites for hydroxylation is 1. The molecule has 0 spiro atoms. The minimum atomic E-state index is -0.801.